The van der Waals surface area contributed by atoms with Crippen molar-refractivity contribution in [3.63, 3.8) is 0 Å². The summed E-state index contributed by atoms with van der Waals surface area (Å²) in [6, 6.07) is 10.7. The van der Waals surface area contributed by atoms with E-state index >= 15 is 0 Å². The second kappa shape index (κ2) is 4.91. The van der Waals surface area contributed by atoms with E-state index in [1.807, 2.05) is 16.7 Å². The molecule has 0 bridgehead atoms. The number of rotatable bonds is 2. The monoisotopic (exact) mass is 288 g/mol. The van der Waals surface area contributed by atoms with Gasteiger partial charge in [-0.2, -0.15) is 0 Å². The lowest BCUT2D eigenvalue weighted by molar-refractivity contribution is 0.629. The predicted octanol–water partition coefficient (Wildman–Crippen LogP) is 4.52. The Balaban J connectivity index is 2.37. The van der Waals surface area contributed by atoms with Gasteiger partial charge in [0, 0.05) is 6.07 Å². The summed E-state index contributed by atoms with van der Waals surface area (Å²) >= 11 is 6.01. The summed E-state index contributed by atoms with van der Waals surface area (Å²) in [7, 11) is 0. The van der Waals surface area contributed by atoms with E-state index in [2.05, 4.69) is 24.9 Å². The van der Waals surface area contributed by atoms with E-state index in [0.29, 0.717) is 5.52 Å². The van der Waals surface area contributed by atoms with Gasteiger partial charge in [0.2, 0.25) is 0 Å². The lowest BCUT2D eigenvalue weighted by atomic mass is 10.1. The molecule has 0 aliphatic carbocycles. The number of hydrogen-bond acceptors (Lipinski definition) is 1. The fourth-order valence-electron chi connectivity index (χ4n) is 2.44. The van der Waals surface area contributed by atoms with Crippen LogP contribution in [0, 0.1) is 19.7 Å². The van der Waals surface area contributed by atoms with Crippen LogP contribution in [0.4, 0.5) is 4.39 Å². The van der Waals surface area contributed by atoms with Crippen molar-refractivity contribution >= 4 is 22.6 Å². The Morgan fingerprint density at radius 3 is 2.75 bits per heavy atom. The van der Waals surface area contributed by atoms with Gasteiger partial charge in [-0.05, 0) is 43.2 Å². The molecule has 0 aliphatic rings. The molecule has 0 saturated carbocycles. The minimum absolute atomic E-state index is 0.281. The maximum atomic E-state index is 13.3. The molecule has 3 aromatic rings. The van der Waals surface area contributed by atoms with Gasteiger partial charge in [-0.3, -0.25) is 4.57 Å². The molecule has 20 heavy (non-hydrogen) atoms. The summed E-state index contributed by atoms with van der Waals surface area (Å²) in [4.78, 5) is 4.43. The minimum Gasteiger partial charge on any atom is -0.295 e. The van der Waals surface area contributed by atoms with Crippen LogP contribution in [0.3, 0.4) is 0 Å². The Kier molecular flexibility index (Phi) is 3.22. The van der Waals surface area contributed by atoms with E-state index in [4.69, 9.17) is 11.6 Å². The molecule has 2 nitrogen and oxygen atoms in total. The van der Waals surface area contributed by atoms with Crippen molar-refractivity contribution in [1.29, 1.82) is 0 Å². The predicted molar refractivity (Wildman–Crippen MR) is 80.1 cm³/mol. The SMILES string of the molecule is Cc1cccc(-n2c(CCl)nc3cc(F)ccc32)c1C. The van der Waals surface area contributed by atoms with Gasteiger partial charge in [-0.1, -0.05) is 12.1 Å². The molecule has 0 radical (unpaired) electrons. The van der Waals surface area contributed by atoms with Gasteiger partial charge in [0.1, 0.15) is 11.6 Å². The van der Waals surface area contributed by atoms with Crippen LogP contribution in [0.2, 0.25) is 0 Å². The maximum Gasteiger partial charge on any atom is 0.129 e. The zero-order valence-corrected chi connectivity index (χ0v) is 12.1. The van der Waals surface area contributed by atoms with Crippen LogP contribution >= 0.6 is 11.6 Å². The highest BCUT2D eigenvalue weighted by molar-refractivity contribution is 6.17. The molecule has 3 rings (SSSR count). The van der Waals surface area contributed by atoms with Crippen molar-refractivity contribution in [3.05, 3.63) is 59.2 Å². The highest BCUT2D eigenvalue weighted by Gasteiger charge is 2.14. The van der Waals surface area contributed by atoms with Gasteiger partial charge >= 0.3 is 0 Å². The third-order valence-electron chi connectivity index (χ3n) is 3.62. The van der Waals surface area contributed by atoms with Gasteiger partial charge in [0.25, 0.3) is 0 Å². The molecule has 1 heterocycles. The quantitative estimate of drug-likeness (QED) is 0.634. The Hall–Kier alpha value is -1.87. The normalized spacial score (nSPS) is 11.2. The standard InChI is InChI=1S/C16H14ClFN2/c1-10-4-3-5-14(11(10)2)20-15-7-6-12(18)8-13(15)19-16(20)9-17/h3-8H,9H2,1-2H3. The second-order valence-corrected chi connectivity index (χ2v) is 5.12. The van der Waals surface area contributed by atoms with Crippen LogP contribution in [0.15, 0.2) is 36.4 Å². The number of benzene rings is 2. The number of hydrogen-bond donors (Lipinski definition) is 0. The Morgan fingerprint density at radius 1 is 1.20 bits per heavy atom. The first kappa shape index (κ1) is 13.1. The summed E-state index contributed by atoms with van der Waals surface area (Å²) in [5.74, 6) is 0.717. The Bertz CT molecular complexity index is 793. The van der Waals surface area contributed by atoms with Crippen LogP contribution in [0.5, 0.6) is 0 Å². The zero-order chi connectivity index (χ0) is 14.3. The number of imidazole rings is 1. The third-order valence-corrected chi connectivity index (χ3v) is 3.86. The number of aryl methyl sites for hydroxylation is 1. The molecule has 1 aromatic heterocycles. The van der Waals surface area contributed by atoms with Gasteiger partial charge in [-0.25, -0.2) is 9.37 Å². The van der Waals surface area contributed by atoms with Crippen molar-refractivity contribution in [3.8, 4) is 5.69 Å². The molecule has 2 aromatic carbocycles. The van der Waals surface area contributed by atoms with Gasteiger partial charge in [0.05, 0.1) is 22.6 Å². The highest BCUT2D eigenvalue weighted by Crippen LogP contribution is 2.26. The summed E-state index contributed by atoms with van der Waals surface area (Å²) in [5, 5.41) is 0. The van der Waals surface area contributed by atoms with Crippen molar-refractivity contribution in [1.82, 2.24) is 9.55 Å². The number of halogens is 2. The fourth-order valence-corrected chi connectivity index (χ4v) is 2.62. The average molecular weight is 289 g/mol. The number of aromatic nitrogens is 2. The number of alkyl halides is 1. The van der Waals surface area contributed by atoms with Gasteiger partial charge in [0.15, 0.2) is 0 Å². The summed E-state index contributed by atoms with van der Waals surface area (Å²) in [6.45, 7) is 4.13. The largest absolute Gasteiger partial charge is 0.295 e. The molecule has 0 amide bonds. The minimum atomic E-state index is -0.288. The molecular weight excluding hydrogens is 275 g/mol. The van der Waals surface area contributed by atoms with Gasteiger partial charge < -0.3 is 0 Å². The number of fused-ring (bicyclic) bond motifs is 1. The summed E-state index contributed by atoms with van der Waals surface area (Å²) in [5.41, 5.74) is 4.90. The molecule has 0 fully saturated rings. The van der Waals surface area contributed by atoms with Crippen molar-refractivity contribution in [2.75, 3.05) is 0 Å². The Morgan fingerprint density at radius 2 is 2.00 bits per heavy atom. The zero-order valence-electron chi connectivity index (χ0n) is 11.3. The lowest BCUT2D eigenvalue weighted by Crippen LogP contribution is -2.02. The Labute approximate surface area is 121 Å². The molecular formula is C16H14ClFN2. The van der Waals surface area contributed by atoms with Crippen LogP contribution in [-0.4, -0.2) is 9.55 Å². The highest BCUT2D eigenvalue weighted by atomic mass is 35.5. The topological polar surface area (TPSA) is 17.8 Å². The van der Waals surface area contributed by atoms with Crippen LogP contribution < -0.4 is 0 Å². The van der Waals surface area contributed by atoms with Crippen molar-refractivity contribution < 1.29 is 4.39 Å². The van der Waals surface area contributed by atoms with Crippen LogP contribution in [0.1, 0.15) is 17.0 Å². The van der Waals surface area contributed by atoms with Crippen molar-refractivity contribution in [2.45, 2.75) is 19.7 Å². The first-order valence-electron chi connectivity index (χ1n) is 6.41. The molecule has 0 N–H and O–H groups in total. The van der Waals surface area contributed by atoms with E-state index in [1.54, 1.807) is 6.07 Å². The van der Waals surface area contributed by atoms with Gasteiger partial charge in [-0.15, -0.1) is 11.6 Å². The second-order valence-electron chi connectivity index (χ2n) is 4.85. The van der Waals surface area contributed by atoms with E-state index < -0.39 is 0 Å². The molecule has 0 aliphatic heterocycles. The van der Waals surface area contributed by atoms with E-state index in [1.165, 1.54) is 23.3 Å². The van der Waals surface area contributed by atoms with E-state index in [-0.39, 0.29) is 11.7 Å². The molecule has 4 heteroatoms. The molecule has 102 valence electrons. The first-order valence-corrected chi connectivity index (χ1v) is 6.94. The molecule has 0 saturated heterocycles. The smallest absolute Gasteiger partial charge is 0.129 e. The van der Waals surface area contributed by atoms with Crippen LogP contribution in [-0.2, 0) is 5.88 Å². The number of nitrogens with zero attached hydrogens (tertiary/aromatic N) is 2. The van der Waals surface area contributed by atoms with E-state index in [0.717, 1.165) is 17.0 Å². The lowest BCUT2D eigenvalue weighted by Gasteiger charge is -2.12. The first-order chi connectivity index (χ1) is 9.61. The fraction of sp³-hybridized carbons (Fsp3) is 0.188. The third kappa shape index (κ3) is 1.98. The average Bonchev–Trinajstić information content (AvgIpc) is 2.79. The summed E-state index contributed by atoms with van der Waals surface area (Å²) < 4.78 is 15.3. The molecule has 0 atom stereocenters. The van der Waals surface area contributed by atoms with Crippen LogP contribution in [0.25, 0.3) is 16.7 Å². The summed E-state index contributed by atoms with van der Waals surface area (Å²) in [6.07, 6.45) is 0. The van der Waals surface area contributed by atoms with E-state index in [9.17, 15) is 4.39 Å². The molecule has 0 spiro atoms. The van der Waals surface area contributed by atoms with Crippen molar-refractivity contribution in [2.24, 2.45) is 0 Å². The molecule has 0 unspecified atom stereocenters. The maximum absolute atomic E-state index is 13.3.